The van der Waals surface area contributed by atoms with Crippen LogP contribution in [0.4, 0.5) is 0 Å². The minimum Gasteiger partial charge on any atom is -0.0625 e. The largest absolute Gasteiger partial charge is 0.0625 e. The molecule has 195 valence electrons. The van der Waals surface area contributed by atoms with E-state index in [0.29, 0.717) is 21.7 Å². The second kappa shape index (κ2) is 9.39. The first-order chi connectivity index (χ1) is 16.1. The van der Waals surface area contributed by atoms with Crippen LogP contribution in [0.2, 0.25) is 0 Å². The second-order valence-electron chi connectivity index (χ2n) is 15.8. The molecule has 0 amide bonds. The van der Waals surface area contributed by atoms with Gasteiger partial charge in [0, 0.05) is 0 Å². The Morgan fingerprint density at radius 3 is 1.88 bits per heavy atom. The normalized spacial score (nSPS) is 45.9. The van der Waals surface area contributed by atoms with E-state index in [1.54, 1.807) is 44.9 Å². The molecule has 1 radical (unpaired) electrons. The molecule has 5 fully saturated rings. The zero-order valence-corrected chi connectivity index (χ0v) is 24.1. The molecule has 0 N–H and O–H groups in total. The summed E-state index contributed by atoms with van der Waals surface area (Å²) in [4.78, 5) is 0. The average Bonchev–Trinajstić information content (AvgIpc) is 3.65. The van der Waals surface area contributed by atoms with Crippen LogP contribution < -0.4 is 0 Å². The van der Waals surface area contributed by atoms with Gasteiger partial charge >= 0.3 is 0 Å². The Morgan fingerprint density at radius 1 is 0.647 bits per heavy atom. The van der Waals surface area contributed by atoms with Gasteiger partial charge in [0.05, 0.1) is 0 Å². The summed E-state index contributed by atoms with van der Waals surface area (Å²) in [5, 5.41) is 0. The third kappa shape index (κ3) is 4.06. The Hall–Kier alpha value is 0. The lowest BCUT2D eigenvalue weighted by molar-refractivity contribution is -0.190. The monoisotopic (exact) mass is 467 g/mol. The molecule has 0 heterocycles. The second-order valence-corrected chi connectivity index (χ2v) is 15.8. The van der Waals surface area contributed by atoms with Crippen molar-refractivity contribution in [1.29, 1.82) is 0 Å². The standard InChI is InChI=1S/C34H59/c1-25-18-22-32(23-19-25,29-14-12-28(13-15-29)31(4,5)6)33(20-9-10-26(2)24-33)34(30-16-17-30)21-8-7-11-27(34)3/h25-28,30H,7-24H2,1-6H3. The van der Waals surface area contributed by atoms with Crippen molar-refractivity contribution in [2.45, 2.75) is 157 Å². The average molecular weight is 468 g/mol. The van der Waals surface area contributed by atoms with Crippen molar-refractivity contribution in [1.82, 2.24) is 0 Å². The first-order valence-electron chi connectivity index (χ1n) is 16.0. The zero-order chi connectivity index (χ0) is 24.2. The van der Waals surface area contributed by atoms with Crippen molar-refractivity contribution in [2.75, 3.05) is 0 Å². The Bertz CT molecular complexity index is 677. The van der Waals surface area contributed by atoms with Gasteiger partial charge in [-0.2, -0.15) is 0 Å². The van der Waals surface area contributed by atoms with Crippen LogP contribution in [0.1, 0.15) is 157 Å². The molecule has 0 spiro atoms. The SMILES string of the molecule is CC1CCC([C]2CCC(C(C)(C)C)CC2)(C2(C3(C4CC4)CCCCC3C)CCCC(C)C2)CC1. The van der Waals surface area contributed by atoms with Gasteiger partial charge in [-0.25, -0.2) is 0 Å². The third-order valence-electron chi connectivity index (χ3n) is 13.1. The highest BCUT2D eigenvalue weighted by molar-refractivity contribution is 5.25. The van der Waals surface area contributed by atoms with Gasteiger partial charge in [0.2, 0.25) is 0 Å². The maximum atomic E-state index is 2.75. The Kier molecular flexibility index (Phi) is 7.08. The smallest absolute Gasteiger partial charge is 0.0171 e. The highest BCUT2D eigenvalue weighted by Gasteiger charge is 2.69. The molecular weight excluding hydrogens is 408 g/mol. The van der Waals surface area contributed by atoms with Gasteiger partial charge in [-0.3, -0.25) is 0 Å². The summed E-state index contributed by atoms with van der Waals surface area (Å²) < 4.78 is 0. The molecule has 0 nitrogen and oxygen atoms in total. The highest BCUT2D eigenvalue weighted by Crippen LogP contribution is 2.78. The quantitative estimate of drug-likeness (QED) is 0.385. The Morgan fingerprint density at radius 2 is 1.32 bits per heavy atom. The maximum absolute atomic E-state index is 2.75. The molecule has 34 heavy (non-hydrogen) atoms. The van der Waals surface area contributed by atoms with Gasteiger partial charge < -0.3 is 0 Å². The lowest BCUT2D eigenvalue weighted by Crippen LogP contribution is -2.62. The Balaban J connectivity index is 1.59. The van der Waals surface area contributed by atoms with Crippen LogP contribution in [0.25, 0.3) is 0 Å². The van der Waals surface area contributed by atoms with Crippen molar-refractivity contribution in [3.63, 3.8) is 0 Å². The fourth-order valence-corrected chi connectivity index (χ4v) is 11.3. The van der Waals surface area contributed by atoms with E-state index in [1.165, 1.54) is 70.6 Å². The summed E-state index contributed by atoms with van der Waals surface area (Å²) in [6.07, 6.45) is 27.5. The molecule has 4 atom stereocenters. The molecule has 5 aliphatic rings. The van der Waals surface area contributed by atoms with E-state index >= 15 is 0 Å². The summed E-state index contributed by atoms with van der Waals surface area (Å²) >= 11 is 0. The molecule has 0 aromatic carbocycles. The van der Waals surface area contributed by atoms with Crippen LogP contribution >= 0.6 is 0 Å². The molecule has 5 aliphatic carbocycles. The minimum absolute atomic E-state index is 0.490. The van der Waals surface area contributed by atoms with Gasteiger partial charge in [0.1, 0.15) is 0 Å². The fourth-order valence-electron chi connectivity index (χ4n) is 11.3. The van der Waals surface area contributed by atoms with Gasteiger partial charge in [0.25, 0.3) is 0 Å². The molecule has 0 aliphatic heterocycles. The van der Waals surface area contributed by atoms with Gasteiger partial charge in [-0.15, -0.1) is 0 Å². The van der Waals surface area contributed by atoms with Crippen molar-refractivity contribution < 1.29 is 0 Å². The van der Waals surface area contributed by atoms with Crippen molar-refractivity contribution in [3.8, 4) is 0 Å². The van der Waals surface area contributed by atoms with E-state index in [-0.39, 0.29) is 0 Å². The van der Waals surface area contributed by atoms with Gasteiger partial charge in [-0.1, -0.05) is 86.5 Å². The van der Waals surface area contributed by atoms with Crippen LogP contribution in [0.5, 0.6) is 0 Å². The van der Waals surface area contributed by atoms with Crippen LogP contribution in [-0.2, 0) is 0 Å². The topological polar surface area (TPSA) is 0 Å². The summed E-state index contributed by atoms with van der Waals surface area (Å²) in [7, 11) is 0. The summed E-state index contributed by atoms with van der Waals surface area (Å²) in [6, 6.07) is 0. The van der Waals surface area contributed by atoms with Crippen molar-refractivity contribution in [3.05, 3.63) is 5.92 Å². The predicted molar refractivity (Wildman–Crippen MR) is 148 cm³/mol. The van der Waals surface area contributed by atoms with Gasteiger partial charge in [-0.05, 0) is 128 Å². The van der Waals surface area contributed by atoms with E-state index in [2.05, 4.69) is 47.5 Å². The van der Waals surface area contributed by atoms with E-state index < -0.39 is 0 Å². The molecule has 5 rings (SSSR count). The molecule has 0 aromatic rings. The van der Waals surface area contributed by atoms with E-state index in [4.69, 9.17) is 0 Å². The fraction of sp³-hybridized carbons (Fsp3) is 0.971. The molecule has 0 heteroatoms. The third-order valence-corrected chi connectivity index (χ3v) is 13.1. The molecule has 0 bridgehead atoms. The van der Waals surface area contributed by atoms with Crippen LogP contribution in [0.15, 0.2) is 0 Å². The number of hydrogen-bond acceptors (Lipinski definition) is 0. The van der Waals surface area contributed by atoms with Gasteiger partial charge in [0.15, 0.2) is 0 Å². The maximum Gasteiger partial charge on any atom is -0.0171 e. The summed E-state index contributed by atoms with van der Waals surface area (Å²) in [5.41, 5.74) is 2.34. The van der Waals surface area contributed by atoms with Crippen molar-refractivity contribution in [2.24, 2.45) is 51.2 Å². The summed E-state index contributed by atoms with van der Waals surface area (Å²) in [6.45, 7) is 15.5. The molecule has 0 aromatic heterocycles. The molecule has 5 saturated carbocycles. The van der Waals surface area contributed by atoms with Crippen molar-refractivity contribution >= 4 is 0 Å². The van der Waals surface area contributed by atoms with Crippen LogP contribution in [0, 0.1) is 57.2 Å². The lowest BCUT2D eigenvalue weighted by Gasteiger charge is -2.70. The first-order valence-corrected chi connectivity index (χ1v) is 16.0. The first kappa shape index (κ1) is 25.6. The van der Waals surface area contributed by atoms with Crippen LogP contribution in [0.3, 0.4) is 0 Å². The minimum atomic E-state index is 0.490. The Labute approximate surface area is 214 Å². The number of rotatable bonds is 4. The highest BCUT2D eigenvalue weighted by atomic mass is 14.7. The molecule has 0 saturated heterocycles. The van der Waals surface area contributed by atoms with E-state index in [0.717, 1.165) is 29.6 Å². The molecular formula is C34H59. The lowest BCUT2D eigenvalue weighted by atomic mass is 9.34. The van der Waals surface area contributed by atoms with Crippen LogP contribution in [-0.4, -0.2) is 0 Å². The molecule has 4 unspecified atom stereocenters. The zero-order valence-electron chi connectivity index (χ0n) is 24.1. The predicted octanol–water partition coefficient (Wildman–Crippen LogP) is 10.8. The summed E-state index contributed by atoms with van der Waals surface area (Å²) in [5.74, 6) is 6.98. The van der Waals surface area contributed by atoms with E-state index in [1.807, 2.05) is 0 Å². The van der Waals surface area contributed by atoms with E-state index in [9.17, 15) is 0 Å². The number of hydrogen-bond donors (Lipinski definition) is 0.